The molecule has 0 saturated carbocycles. The van der Waals surface area contributed by atoms with Crippen molar-refractivity contribution in [1.82, 2.24) is 24.5 Å². The Balaban J connectivity index is 1.90. The molecule has 138 valence electrons. The van der Waals surface area contributed by atoms with E-state index in [2.05, 4.69) is 26.0 Å². The molecule has 1 amide bonds. The van der Waals surface area contributed by atoms with Crippen LogP contribution in [0.2, 0.25) is 0 Å². The zero-order chi connectivity index (χ0) is 19.1. The van der Waals surface area contributed by atoms with Gasteiger partial charge >= 0.3 is 0 Å². The summed E-state index contributed by atoms with van der Waals surface area (Å²) in [5.74, 6) is 0.679. The minimum Gasteiger partial charge on any atom is -0.338 e. The van der Waals surface area contributed by atoms with Crippen molar-refractivity contribution >= 4 is 49.0 Å². The predicted octanol–water partition coefficient (Wildman–Crippen LogP) is 4.56. The van der Waals surface area contributed by atoms with Gasteiger partial charge in [0.25, 0.3) is 5.91 Å². The third-order valence-electron chi connectivity index (χ3n) is 4.60. The highest BCUT2D eigenvalue weighted by atomic mass is 79.9. The number of fused-ring (bicyclic) bond motifs is 3. The molecule has 0 saturated heterocycles. The van der Waals surface area contributed by atoms with E-state index < -0.39 is 0 Å². The van der Waals surface area contributed by atoms with Gasteiger partial charge in [0, 0.05) is 23.1 Å². The van der Waals surface area contributed by atoms with Crippen LogP contribution in [0, 0.1) is 6.92 Å². The fourth-order valence-electron chi connectivity index (χ4n) is 3.14. The van der Waals surface area contributed by atoms with Crippen molar-refractivity contribution < 1.29 is 4.79 Å². The first-order valence-electron chi connectivity index (χ1n) is 8.73. The van der Waals surface area contributed by atoms with Crippen LogP contribution in [0.4, 0.5) is 0 Å². The van der Waals surface area contributed by atoms with Crippen LogP contribution in [-0.4, -0.2) is 43.5 Å². The van der Waals surface area contributed by atoms with Gasteiger partial charge in [-0.05, 0) is 38.5 Å². The third-order valence-corrected chi connectivity index (χ3v) is 6.28. The standard InChI is InChI=1S/C19H18BrN5OS/c1-4-24(5-2)19(26)15-11(3)14-17-22-16(12-7-6-8-13(20)9-12)23-25(17)10-21-18(14)27-15/h6-10H,4-5H2,1-3H3. The predicted molar refractivity (Wildman–Crippen MR) is 111 cm³/mol. The number of amides is 1. The van der Waals surface area contributed by atoms with Gasteiger partial charge in [0.15, 0.2) is 11.5 Å². The second kappa shape index (κ2) is 7.01. The first kappa shape index (κ1) is 18.1. The molecule has 4 rings (SSSR count). The summed E-state index contributed by atoms with van der Waals surface area (Å²) in [7, 11) is 0. The highest BCUT2D eigenvalue weighted by molar-refractivity contribution is 9.10. The van der Waals surface area contributed by atoms with Gasteiger partial charge in [-0.1, -0.05) is 28.1 Å². The van der Waals surface area contributed by atoms with Crippen molar-refractivity contribution in [3.05, 3.63) is 45.5 Å². The van der Waals surface area contributed by atoms with Gasteiger partial charge in [-0.15, -0.1) is 16.4 Å². The first-order chi connectivity index (χ1) is 13.0. The van der Waals surface area contributed by atoms with E-state index in [1.54, 1.807) is 10.8 Å². The van der Waals surface area contributed by atoms with E-state index in [9.17, 15) is 4.79 Å². The maximum absolute atomic E-state index is 12.9. The van der Waals surface area contributed by atoms with E-state index in [1.165, 1.54) is 11.3 Å². The van der Waals surface area contributed by atoms with E-state index in [4.69, 9.17) is 4.98 Å². The van der Waals surface area contributed by atoms with Crippen LogP contribution < -0.4 is 0 Å². The number of hydrogen-bond acceptors (Lipinski definition) is 5. The normalized spacial score (nSPS) is 11.4. The van der Waals surface area contributed by atoms with Crippen LogP contribution in [0.3, 0.4) is 0 Å². The fourth-order valence-corrected chi connectivity index (χ4v) is 4.65. The van der Waals surface area contributed by atoms with E-state index in [1.807, 2.05) is 49.9 Å². The summed E-state index contributed by atoms with van der Waals surface area (Å²) in [6.07, 6.45) is 1.66. The molecular formula is C19H18BrN5OS. The van der Waals surface area contributed by atoms with Crippen molar-refractivity contribution in [2.75, 3.05) is 13.1 Å². The van der Waals surface area contributed by atoms with Gasteiger partial charge in [-0.3, -0.25) is 4.79 Å². The number of nitrogens with zero attached hydrogens (tertiary/aromatic N) is 5. The summed E-state index contributed by atoms with van der Waals surface area (Å²) in [5, 5.41) is 5.46. The number of halogens is 1. The Labute approximate surface area is 169 Å². The minimum absolute atomic E-state index is 0.0466. The van der Waals surface area contributed by atoms with Crippen LogP contribution in [0.1, 0.15) is 29.1 Å². The molecule has 4 aromatic rings. The SMILES string of the molecule is CCN(CC)C(=O)c1sc2ncn3nc(-c4cccc(Br)c4)nc3c2c1C. The molecule has 0 aliphatic rings. The zero-order valence-corrected chi connectivity index (χ0v) is 17.6. The smallest absolute Gasteiger partial charge is 0.264 e. The molecule has 0 aliphatic carbocycles. The van der Waals surface area contributed by atoms with Gasteiger partial charge in [-0.25, -0.2) is 14.5 Å². The Kier molecular flexibility index (Phi) is 4.69. The molecule has 3 aromatic heterocycles. The molecule has 3 heterocycles. The van der Waals surface area contributed by atoms with Crippen molar-refractivity contribution in [3.63, 3.8) is 0 Å². The number of benzene rings is 1. The Morgan fingerprint density at radius 2 is 2.07 bits per heavy atom. The summed E-state index contributed by atoms with van der Waals surface area (Å²) in [6.45, 7) is 7.31. The topological polar surface area (TPSA) is 63.4 Å². The van der Waals surface area contributed by atoms with Gasteiger partial charge in [0.1, 0.15) is 11.2 Å². The lowest BCUT2D eigenvalue weighted by atomic mass is 10.2. The van der Waals surface area contributed by atoms with Crippen LogP contribution in [0.5, 0.6) is 0 Å². The van der Waals surface area contributed by atoms with E-state index in [0.717, 1.165) is 36.3 Å². The Morgan fingerprint density at radius 3 is 2.78 bits per heavy atom. The van der Waals surface area contributed by atoms with Gasteiger partial charge in [0.05, 0.1) is 10.3 Å². The molecular weight excluding hydrogens is 426 g/mol. The van der Waals surface area contributed by atoms with Crippen LogP contribution in [-0.2, 0) is 0 Å². The molecule has 6 nitrogen and oxygen atoms in total. The summed E-state index contributed by atoms with van der Waals surface area (Å²) in [5.41, 5.74) is 2.56. The van der Waals surface area contributed by atoms with E-state index >= 15 is 0 Å². The summed E-state index contributed by atoms with van der Waals surface area (Å²) >= 11 is 4.91. The molecule has 8 heteroatoms. The van der Waals surface area contributed by atoms with Crippen LogP contribution in [0.15, 0.2) is 35.1 Å². The molecule has 0 spiro atoms. The molecule has 0 aliphatic heterocycles. The van der Waals surface area contributed by atoms with Crippen LogP contribution in [0.25, 0.3) is 27.3 Å². The average Bonchev–Trinajstić information content (AvgIpc) is 3.23. The molecule has 1 aromatic carbocycles. The second-order valence-corrected chi connectivity index (χ2v) is 8.09. The number of aromatic nitrogens is 4. The number of hydrogen-bond donors (Lipinski definition) is 0. The first-order valence-corrected chi connectivity index (χ1v) is 10.3. The molecule has 27 heavy (non-hydrogen) atoms. The summed E-state index contributed by atoms with van der Waals surface area (Å²) < 4.78 is 2.66. The van der Waals surface area contributed by atoms with E-state index in [0.29, 0.717) is 18.9 Å². The quantitative estimate of drug-likeness (QED) is 0.463. The molecule has 0 atom stereocenters. The summed E-state index contributed by atoms with van der Waals surface area (Å²) in [4.78, 5) is 25.5. The average molecular weight is 444 g/mol. The Bertz CT molecular complexity index is 1160. The maximum Gasteiger partial charge on any atom is 0.264 e. The maximum atomic E-state index is 12.9. The van der Waals surface area contributed by atoms with Crippen molar-refractivity contribution in [1.29, 1.82) is 0 Å². The lowest BCUT2D eigenvalue weighted by Gasteiger charge is -2.17. The van der Waals surface area contributed by atoms with Crippen molar-refractivity contribution in [3.8, 4) is 11.4 Å². The largest absolute Gasteiger partial charge is 0.338 e. The lowest BCUT2D eigenvalue weighted by molar-refractivity contribution is 0.0777. The minimum atomic E-state index is 0.0466. The van der Waals surface area contributed by atoms with Crippen LogP contribution >= 0.6 is 27.3 Å². The molecule has 0 unspecified atom stereocenters. The van der Waals surface area contributed by atoms with Gasteiger partial charge < -0.3 is 4.90 Å². The fraction of sp³-hybridized carbons (Fsp3) is 0.263. The van der Waals surface area contributed by atoms with E-state index in [-0.39, 0.29) is 5.91 Å². The number of aryl methyl sites for hydroxylation is 1. The number of carbonyl (C=O) groups excluding carboxylic acids is 1. The van der Waals surface area contributed by atoms with Gasteiger partial charge in [0.2, 0.25) is 0 Å². The molecule has 0 fully saturated rings. The molecule has 0 bridgehead atoms. The number of rotatable bonds is 4. The summed E-state index contributed by atoms with van der Waals surface area (Å²) in [6, 6.07) is 7.87. The number of carbonyl (C=O) groups is 1. The third kappa shape index (κ3) is 3.02. The Hall–Kier alpha value is -2.32. The Morgan fingerprint density at radius 1 is 1.30 bits per heavy atom. The van der Waals surface area contributed by atoms with Crippen molar-refractivity contribution in [2.45, 2.75) is 20.8 Å². The molecule has 0 radical (unpaired) electrons. The second-order valence-electron chi connectivity index (χ2n) is 6.17. The lowest BCUT2D eigenvalue weighted by Crippen LogP contribution is -2.30. The zero-order valence-electron chi connectivity index (χ0n) is 15.2. The molecule has 0 N–H and O–H groups in total. The van der Waals surface area contributed by atoms with Gasteiger partial charge in [-0.2, -0.15) is 0 Å². The monoisotopic (exact) mass is 443 g/mol. The number of thiophene rings is 1. The van der Waals surface area contributed by atoms with Crippen molar-refractivity contribution in [2.24, 2.45) is 0 Å². The highest BCUT2D eigenvalue weighted by Crippen LogP contribution is 2.33. The highest BCUT2D eigenvalue weighted by Gasteiger charge is 2.23.